The summed E-state index contributed by atoms with van der Waals surface area (Å²) in [7, 11) is 2.19. The Morgan fingerprint density at radius 1 is 1.19 bits per heavy atom. The molecule has 2 atom stereocenters. The molecule has 2 saturated heterocycles. The summed E-state index contributed by atoms with van der Waals surface area (Å²) in [6.45, 7) is -0.216. The molecule has 0 amide bonds. The molecule has 1 N–H and O–H groups in total. The zero-order chi connectivity index (χ0) is 11.6. The molecule has 2 bridgehead atoms. The van der Waals surface area contributed by atoms with Crippen LogP contribution in [0.15, 0.2) is 0 Å². The van der Waals surface area contributed by atoms with Gasteiger partial charge in [-0.05, 0) is 45.6 Å². The second kappa shape index (κ2) is 5.01. The Labute approximate surface area is 97.8 Å². The maximum atomic E-state index is 12.0. The summed E-state index contributed by atoms with van der Waals surface area (Å²) < 4.78 is 12.0. The topological polar surface area (TPSA) is 23.5 Å². The Hall–Kier alpha value is -0.150. The highest BCUT2D eigenvalue weighted by molar-refractivity contribution is 5.00. The van der Waals surface area contributed by atoms with Crippen LogP contribution in [0, 0.1) is 0 Å². The lowest BCUT2D eigenvalue weighted by molar-refractivity contribution is -0.0514. The zero-order valence-electron chi connectivity index (χ0n) is 10.3. The fourth-order valence-electron chi connectivity index (χ4n) is 3.47. The lowest BCUT2D eigenvalue weighted by Gasteiger charge is -2.42. The first kappa shape index (κ1) is 12.3. The monoisotopic (exact) mass is 229 g/mol. The Bertz CT molecular complexity index is 220. The molecule has 16 heavy (non-hydrogen) atoms. The second-order valence-corrected chi connectivity index (χ2v) is 5.68. The van der Waals surface area contributed by atoms with Crippen molar-refractivity contribution in [2.75, 3.05) is 13.7 Å². The summed E-state index contributed by atoms with van der Waals surface area (Å²) >= 11 is 0. The van der Waals surface area contributed by atoms with Crippen molar-refractivity contribution in [2.24, 2.45) is 0 Å². The molecule has 0 saturated carbocycles. The number of rotatable bonds is 5. The Kier molecular flexibility index (Phi) is 3.85. The molecule has 0 aromatic heterocycles. The first-order valence-corrected chi connectivity index (χ1v) is 6.65. The van der Waals surface area contributed by atoms with Gasteiger partial charge >= 0.3 is 0 Å². The normalized spacial score (nSPS) is 39.2. The number of alkyl halides is 1. The van der Waals surface area contributed by atoms with E-state index >= 15 is 0 Å². The van der Waals surface area contributed by atoms with Gasteiger partial charge in [-0.3, -0.25) is 4.39 Å². The molecule has 0 radical (unpaired) electrons. The standard InChI is InChI=1S/C13H24FNO/c1-15-11-5-6-12(15)10-13(16,9-11)7-3-2-4-8-14/h11-12,16H,2-10H2,1H3. The van der Waals surface area contributed by atoms with Crippen molar-refractivity contribution in [3.63, 3.8) is 0 Å². The molecule has 2 fully saturated rings. The molecule has 2 aliphatic rings. The third-order valence-electron chi connectivity index (χ3n) is 4.49. The Morgan fingerprint density at radius 3 is 2.38 bits per heavy atom. The third-order valence-corrected chi connectivity index (χ3v) is 4.49. The predicted octanol–water partition coefficient (Wildman–Crippen LogP) is 2.50. The summed E-state index contributed by atoms with van der Waals surface area (Å²) in [5.41, 5.74) is -0.450. The number of aliphatic hydroxyl groups is 1. The van der Waals surface area contributed by atoms with Crippen LogP contribution in [0.25, 0.3) is 0 Å². The van der Waals surface area contributed by atoms with Gasteiger partial charge in [0.2, 0.25) is 0 Å². The number of hydrogen-bond donors (Lipinski definition) is 1. The van der Waals surface area contributed by atoms with Gasteiger partial charge in [0.15, 0.2) is 0 Å². The van der Waals surface area contributed by atoms with Crippen LogP contribution in [0.4, 0.5) is 4.39 Å². The van der Waals surface area contributed by atoms with E-state index in [0.717, 1.165) is 32.1 Å². The van der Waals surface area contributed by atoms with Crippen LogP contribution in [-0.2, 0) is 0 Å². The Balaban J connectivity index is 1.80. The molecule has 2 aliphatic heterocycles. The van der Waals surface area contributed by atoms with Crippen molar-refractivity contribution in [1.82, 2.24) is 4.90 Å². The second-order valence-electron chi connectivity index (χ2n) is 5.68. The van der Waals surface area contributed by atoms with Crippen molar-refractivity contribution < 1.29 is 9.50 Å². The van der Waals surface area contributed by atoms with Crippen molar-refractivity contribution in [2.45, 2.75) is 69.1 Å². The number of halogens is 1. The summed E-state index contributed by atoms with van der Waals surface area (Å²) in [4.78, 5) is 2.44. The van der Waals surface area contributed by atoms with E-state index in [1.54, 1.807) is 0 Å². The van der Waals surface area contributed by atoms with Crippen LogP contribution in [0.2, 0.25) is 0 Å². The lowest BCUT2D eigenvalue weighted by atomic mass is 9.82. The molecule has 2 unspecified atom stereocenters. The van der Waals surface area contributed by atoms with Crippen LogP contribution in [0.3, 0.4) is 0 Å². The maximum Gasteiger partial charge on any atom is 0.0894 e. The minimum Gasteiger partial charge on any atom is -0.390 e. The smallest absolute Gasteiger partial charge is 0.0894 e. The van der Waals surface area contributed by atoms with E-state index in [1.807, 2.05) is 0 Å². The molecule has 0 aromatic rings. The molecule has 94 valence electrons. The fraction of sp³-hybridized carbons (Fsp3) is 1.00. The summed E-state index contributed by atoms with van der Waals surface area (Å²) in [6.07, 6.45) is 7.76. The van der Waals surface area contributed by atoms with Crippen LogP contribution in [-0.4, -0.2) is 41.4 Å². The molecule has 0 spiro atoms. The zero-order valence-corrected chi connectivity index (χ0v) is 10.3. The number of piperidine rings is 1. The van der Waals surface area contributed by atoms with E-state index in [1.165, 1.54) is 12.8 Å². The third kappa shape index (κ3) is 2.57. The minimum atomic E-state index is -0.450. The van der Waals surface area contributed by atoms with E-state index in [-0.39, 0.29) is 6.67 Å². The van der Waals surface area contributed by atoms with E-state index in [9.17, 15) is 9.50 Å². The van der Waals surface area contributed by atoms with E-state index in [0.29, 0.717) is 18.5 Å². The fourth-order valence-corrected chi connectivity index (χ4v) is 3.47. The average Bonchev–Trinajstić information content (AvgIpc) is 2.51. The number of unbranched alkanes of at least 4 members (excludes halogenated alkanes) is 2. The van der Waals surface area contributed by atoms with Crippen molar-refractivity contribution in [3.8, 4) is 0 Å². The molecule has 2 heterocycles. The molecular formula is C13H24FNO. The molecule has 2 rings (SSSR count). The Morgan fingerprint density at radius 2 is 1.81 bits per heavy atom. The van der Waals surface area contributed by atoms with Gasteiger partial charge < -0.3 is 10.0 Å². The predicted molar refractivity (Wildman–Crippen MR) is 63.2 cm³/mol. The molecule has 3 heteroatoms. The van der Waals surface area contributed by atoms with Crippen molar-refractivity contribution >= 4 is 0 Å². The van der Waals surface area contributed by atoms with Gasteiger partial charge in [-0.15, -0.1) is 0 Å². The van der Waals surface area contributed by atoms with Gasteiger partial charge in [0.1, 0.15) is 0 Å². The average molecular weight is 229 g/mol. The molecular weight excluding hydrogens is 205 g/mol. The first-order chi connectivity index (χ1) is 7.64. The van der Waals surface area contributed by atoms with Gasteiger partial charge in [-0.1, -0.05) is 12.8 Å². The van der Waals surface area contributed by atoms with Gasteiger partial charge in [0.05, 0.1) is 12.3 Å². The highest BCUT2D eigenvalue weighted by Gasteiger charge is 2.45. The highest BCUT2D eigenvalue weighted by Crippen LogP contribution is 2.41. The van der Waals surface area contributed by atoms with Crippen LogP contribution in [0.5, 0.6) is 0 Å². The lowest BCUT2D eigenvalue weighted by Crippen LogP contribution is -2.49. The van der Waals surface area contributed by atoms with Crippen molar-refractivity contribution in [1.29, 1.82) is 0 Å². The number of nitrogens with zero attached hydrogens (tertiary/aromatic N) is 1. The number of hydrogen-bond acceptors (Lipinski definition) is 2. The van der Waals surface area contributed by atoms with E-state index in [2.05, 4.69) is 11.9 Å². The van der Waals surface area contributed by atoms with Gasteiger partial charge in [0, 0.05) is 12.1 Å². The van der Waals surface area contributed by atoms with Gasteiger partial charge in [-0.25, -0.2) is 0 Å². The molecule has 0 aliphatic carbocycles. The van der Waals surface area contributed by atoms with Crippen LogP contribution >= 0.6 is 0 Å². The van der Waals surface area contributed by atoms with Gasteiger partial charge in [-0.2, -0.15) is 0 Å². The van der Waals surface area contributed by atoms with E-state index in [4.69, 9.17) is 0 Å². The summed E-state index contributed by atoms with van der Waals surface area (Å²) in [6, 6.07) is 1.18. The van der Waals surface area contributed by atoms with Crippen molar-refractivity contribution in [3.05, 3.63) is 0 Å². The highest BCUT2D eigenvalue weighted by atomic mass is 19.1. The quantitative estimate of drug-likeness (QED) is 0.732. The summed E-state index contributed by atoms with van der Waals surface area (Å²) in [5.74, 6) is 0. The van der Waals surface area contributed by atoms with E-state index < -0.39 is 5.60 Å². The summed E-state index contributed by atoms with van der Waals surface area (Å²) in [5, 5.41) is 10.5. The minimum absolute atomic E-state index is 0.216. The largest absolute Gasteiger partial charge is 0.390 e. The molecule has 0 aromatic carbocycles. The van der Waals surface area contributed by atoms with Crippen LogP contribution in [0.1, 0.15) is 51.4 Å². The maximum absolute atomic E-state index is 12.0. The SMILES string of the molecule is CN1C2CCC1CC(O)(CCCCCF)C2. The molecule has 2 nitrogen and oxygen atoms in total. The van der Waals surface area contributed by atoms with Gasteiger partial charge in [0.25, 0.3) is 0 Å². The first-order valence-electron chi connectivity index (χ1n) is 6.65. The number of fused-ring (bicyclic) bond motifs is 2. The van der Waals surface area contributed by atoms with Crippen LogP contribution < -0.4 is 0 Å².